The van der Waals surface area contributed by atoms with Crippen molar-refractivity contribution in [2.45, 2.75) is 25.6 Å². The minimum atomic E-state index is -0.542. The number of hydrogen-bond donors (Lipinski definition) is 2. The lowest BCUT2D eigenvalue weighted by Gasteiger charge is -2.20. The topological polar surface area (TPSA) is 45.4 Å². The zero-order valence-electron chi connectivity index (χ0n) is 13.1. The van der Waals surface area contributed by atoms with Crippen LogP contribution in [0.4, 0.5) is 0 Å². The van der Waals surface area contributed by atoms with Gasteiger partial charge < -0.3 is 14.8 Å². The molecule has 0 aliphatic carbocycles. The highest BCUT2D eigenvalue weighted by molar-refractivity contribution is 5.57. The molecule has 3 nitrogen and oxygen atoms in total. The molecule has 0 fully saturated rings. The molecule has 0 aliphatic heterocycles. The highest BCUT2D eigenvalue weighted by Crippen LogP contribution is 2.22. The molecule has 0 unspecified atom stereocenters. The number of furan rings is 1. The summed E-state index contributed by atoms with van der Waals surface area (Å²) < 4.78 is 5.86. The largest absolute Gasteiger partial charge is 0.460 e. The molecule has 1 aromatic heterocycles. The molecule has 0 radical (unpaired) electrons. The number of aliphatic hydroxyl groups excluding tert-OH is 1. The van der Waals surface area contributed by atoms with Gasteiger partial charge in [-0.2, -0.15) is 0 Å². The molecule has 23 heavy (non-hydrogen) atoms. The fourth-order valence-corrected chi connectivity index (χ4v) is 2.54. The van der Waals surface area contributed by atoms with Crippen molar-refractivity contribution < 1.29 is 9.52 Å². The van der Waals surface area contributed by atoms with E-state index in [0.29, 0.717) is 6.54 Å². The molecular formula is C20H21NO2. The second-order valence-corrected chi connectivity index (χ2v) is 5.66. The van der Waals surface area contributed by atoms with Gasteiger partial charge in [0.2, 0.25) is 0 Å². The quantitative estimate of drug-likeness (QED) is 0.719. The van der Waals surface area contributed by atoms with Gasteiger partial charge in [0.25, 0.3) is 0 Å². The first-order valence-electron chi connectivity index (χ1n) is 7.84. The number of benzene rings is 2. The Balaban J connectivity index is 1.59. The van der Waals surface area contributed by atoms with Crippen LogP contribution in [0.1, 0.15) is 24.4 Å². The van der Waals surface area contributed by atoms with Crippen LogP contribution in [0.5, 0.6) is 0 Å². The van der Waals surface area contributed by atoms with Crippen molar-refractivity contribution in [3.8, 4) is 11.3 Å². The van der Waals surface area contributed by atoms with Gasteiger partial charge in [0.1, 0.15) is 11.5 Å². The van der Waals surface area contributed by atoms with E-state index in [9.17, 15) is 5.11 Å². The summed E-state index contributed by atoms with van der Waals surface area (Å²) in [5.74, 6) is 1.72. The fraction of sp³-hybridized carbons (Fsp3) is 0.200. The summed E-state index contributed by atoms with van der Waals surface area (Å²) in [6.07, 6.45) is -0.542. The van der Waals surface area contributed by atoms with Crippen molar-refractivity contribution in [1.29, 1.82) is 0 Å². The number of rotatable bonds is 6. The van der Waals surface area contributed by atoms with E-state index in [1.807, 2.05) is 79.7 Å². The summed E-state index contributed by atoms with van der Waals surface area (Å²) in [5.41, 5.74) is 1.98. The molecule has 0 saturated heterocycles. The summed E-state index contributed by atoms with van der Waals surface area (Å²) in [7, 11) is 0. The summed E-state index contributed by atoms with van der Waals surface area (Å²) in [6.45, 7) is 2.55. The molecule has 3 aromatic rings. The minimum Gasteiger partial charge on any atom is -0.460 e. The Bertz CT molecular complexity index is 722. The van der Waals surface area contributed by atoms with Gasteiger partial charge in [-0.3, -0.25) is 0 Å². The predicted molar refractivity (Wildman–Crippen MR) is 91.8 cm³/mol. The highest BCUT2D eigenvalue weighted by atomic mass is 16.3. The molecule has 118 valence electrons. The van der Waals surface area contributed by atoms with Crippen molar-refractivity contribution in [3.63, 3.8) is 0 Å². The van der Waals surface area contributed by atoms with Gasteiger partial charge in [0.05, 0.1) is 12.6 Å². The third kappa shape index (κ3) is 3.89. The van der Waals surface area contributed by atoms with Crippen LogP contribution < -0.4 is 5.32 Å². The van der Waals surface area contributed by atoms with Crippen LogP contribution in [0, 0.1) is 0 Å². The summed E-state index contributed by atoms with van der Waals surface area (Å²) in [5, 5.41) is 13.7. The first-order valence-corrected chi connectivity index (χ1v) is 7.84. The van der Waals surface area contributed by atoms with E-state index in [2.05, 4.69) is 5.32 Å². The Kier molecular flexibility index (Phi) is 4.91. The smallest absolute Gasteiger partial charge is 0.134 e. The molecule has 2 aromatic carbocycles. The molecule has 0 saturated carbocycles. The van der Waals surface area contributed by atoms with Crippen LogP contribution in [-0.4, -0.2) is 11.1 Å². The zero-order valence-corrected chi connectivity index (χ0v) is 13.1. The Morgan fingerprint density at radius 3 is 2.26 bits per heavy atom. The maximum absolute atomic E-state index is 10.4. The van der Waals surface area contributed by atoms with E-state index in [1.54, 1.807) is 0 Å². The molecule has 0 aliphatic rings. The van der Waals surface area contributed by atoms with E-state index in [-0.39, 0.29) is 6.04 Å². The lowest BCUT2D eigenvalue weighted by molar-refractivity contribution is 0.134. The van der Waals surface area contributed by atoms with E-state index in [1.165, 1.54) is 0 Å². The Labute approximate surface area is 136 Å². The highest BCUT2D eigenvalue weighted by Gasteiger charge is 2.16. The van der Waals surface area contributed by atoms with Crippen molar-refractivity contribution in [1.82, 2.24) is 5.32 Å². The SMILES string of the molecule is C[C@@H](NCc1ccc(-c2ccccc2)o1)[C@@H](O)c1ccccc1. The first-order chi connectivity index (χ1) is 11.2. The molecule has 2 atom stereocenters. The monoisotopic (exact) mass is 307 g/mol. The Morgan fingerprint density at radius 2 is 1.57 bits per heavy atom. The van der Waals surface area contributed by atoms with Crippen molar-refractivity contribution in [3.05, 3.63) is 84.1 Å². The maximum Gasteiger partial charge on any atom is 0.134 e. The Morgan fingerprint density at radius 1 is 0.913 bits per heavy atom. The molecule has 2 N–H and O–H groups in total. The van der Waals surface area contributed by atoms with Gasteiger partial charge in [-0.1, -0.05) is 60.7 Å². The van der Waals surface area contributed by atoms with E-state index >= 15 is 0 Å². The normalized spacial score (nSPS) is 13.7. The Hall–Kier alpha value is -2.36. The summed E-state index contributed by atoms with van der Waals surface area (Å²) in [6, 6.07) is 23.6. The average Bonchev–Trinajstić information content (AvgIpc) is 3.09. The maximum atomic E-state index is 10.4. The van der Waals surface area contributed by atoms with Crippen LogP contribution in [0.25, 0.3) is 11.3 Å². The van der Waals surface area contributed by atoms with E-state index in [0.717, 1.165) is 22.6 Å². The van der Waals surface area contributed by atoms with Gasteiger partial charge in [-0.15, -0.1) is 0 Å². The van der Waals surface area contributed by atoms with Gasteiger partial charge in [-0.05, 0) is 24.6 Å². The van der Waals surface area contributed by atoms with Gasteiger partial charge in [0.15, 0.2) is 0 Å². The van der Waals surface area contributed by atoms with Crippen LogP contribution in [0.2, 0.25) is 0 Å². The van der Waals surface area contributed by atoms with Crippen LogP contribution >= 0.6 is 0 Å². The second-order valence-electron chi connectivity index (χ2n) is 5.66. The third-order valence-electron chi connectivity index (χ3n) is 3.93. The van der Waals surface area contributed by atoms with Crippen LogP contribution in [-0.2, 0) is 6.54 Å². The fourth-order valence-electron chi connectivity index (χ4n) is 2.54. The predicted octanol–water partition coefficient (Wildman–Crippen LogP) is 4.16. The second kappa shape index (κ2) is 7.27. The standard InChI is InChI=1S/C20H21NO2/c1-15(20(22)17-10-6-3-7-11-17)21-14-18-12-13-19(23-18)16-8-4-2-5-9-16/h2-13,15,20-22H,14H2,1H3/t15-,20-/m1/s1. The van der Waals surface area contributed by atoms with Crippen molar-refractivity contribution in [2.24, 2.45) is 0 Å². The number of aliphatic hydroxyl groups is 1. The van der Waals surface area contributed by atoms with Crippen molar-refractivity contribution >= 4 is 0 Å². The molecule has 3 heteroatoms. The molecule has 1 heterocycles. The van der Waals surface area contributed by atoms with Gasteiger partial charge in [-0.25, -0.2) is 0 Å². The van der Waals surface area contributed by atoms with Crippen molar-refractivity contribution in [2.75, 3.05) is 0 Å². The molecule has 0 spiro atoms. The zero-order chi connectivity index (χ0) is 16.1. The lowest BCUT2D eigenvalue weighted by atomic mass is 10.0. The summed E-state index contributed by atoms with van der Waals surface area (Å²) in [4.78, 5) is 0. The average molecular weight is 307 g/mol. The third-order valence-corrected chi connectivity index (χ3v) is 3.93. The van der Waals surface area contributed by atoms with Crippen LogP contribution in [0.3, 0.4) is 0 Å². The number of nitrogens with one attached hydrogen (secondary N) is 1. The van der Waals surface area contributed by atoms with E-state index in [4.69, 9.17) is 4.42 Å². The van der Waals surface area contributed by atoms with Gasteiger partial charge >= 0.3 is 0 Å². The van der Waals surface area contributed by atoms with Gasteiger partial charge in [0, 0.05) is 11.6 Å². The molecule has 0 bridgehead atoms. The summed E-state index contributed by atoms with van der Waals surface area (Å²) >= 11 is 0. The molecule has 0 amide bonds. The first kappa shape index (κ1) is 15.5. The molecular weight excluding hydrogens is 286 g/mol. The lowest BCUT2D eigenvalue weighted by Crippen LogP contribution is -2.31. The minimum absolute atomic E-state index is 0.0670. The van der Waals surface area contributed by atoms with E-state index < -0.39 is 6.10 Å². The van der Waals surface area contributed by atoms with Crippen LogP contribution in [0.15, 0.2) is 77.2 Å². The molecule has 3 rings (SSSR count). The number of hydrogen-bond acceptors (Lipinski definition) is 3.